The number of rotatable bonds is 6. The molecule has 1 rings (SSSR count). The van der Waals surface area contributed by atoms with Crippen LogP contribution >= 0.6 is 22.6 Å². The predicted octanol–water partition coefficient (Wildman–Crippen LogP) is 2.88. The Hall–Kier alpha value is -0.830. The van der Waals surface area contributed by atoms with Crippen molar-refractivity contribution in [3.63, 3.8) is 0 Å². The molecular formula is C14H19IO5S. The average molecular weight is 426 g/mol. The van der Waals surface area contributed by atoms with E-state index in [4.69, 9.17) is 9.47 Å². The van der Waals surface area contributed by atoms with Crippen molar-refractivity contribution in [2.24, 2.45) is 0 Å². The highest BCUT2D eigenvalue weighted by atomic mass is 127. The first kappa shape index (κ1) is 18.2. The summed E-state index contributed by atoms with van der Waals surface area (Å²) in [5.41, 5.74) is -0.483. The maximum atomic E-state index is 11.8. The van der Waals surface area contributed by atoms with E-state index in [1.165, 1.54) is 6.07 Å². The summed E-state index contributed by atoms with van der Waals surface area (Å²) in [6.07, 6.45) is 0. The van der Waals surface area contributed by atoms with Crippen LogP contribution in [0, 0.1) is 6.92 Å². The molecular weight excluding hydrogens is 407 g/mol. The molecule has 1 aromatic carbocycles. The van der Waals surface area contributed by atoms with Gasteiger partial charge in [-0.1, -0.05) is 22.6 Å². The second-order valence-corrected chi connectivity index (χ2v) is 8.77. The third-order valence-corrected chi connectivity index (χ3v) is 6.50. The summed E-state index contributed by atoms with van der Waals surface area (Å²) in [6, 6.07) is 4.59. The van der Waals surface area contributed by atoms with E-state index < -0.39 is 21.4 Å². The zero-order valence-corrected chi connectivity index (χ0v) is 15.4. The minimum absolute atomic E-state index is 0.0126. The van der Waals surface area contributed by atoms with Gasteiger partial charge in [0.1, 0.15) is 9.51 Å². The Bertz CT molecular complexity index is 622. The highest BCUT2D eigenvalue weighted by Gasteiger charge is 2.32. The fourth-order valence-corrected chi connectivity index (χ4v) is 3.45. The van der Waals surface area contributed by atoms with Crippen molar-refractivity contribution in [1.29, 1.82) is 0 Å². The van der Waals surface area contributed by atoms with Gasteiger partial charge in [-0.25, -0.2) is 13.2 Å². The van der Waals surface area contributed by atoms with E-state index in [1.54, 1.807) is 39.8 Å². The molecule has 0 heterocycles. The Kier molecular flexibility index (Phi) is 6.03. The first-order valence-corrected chi connectivity index (χ1v) is 9.57. The molecule has 0 aliphatic carbocycles. The van der Waals surface area contributed by atoms with Gasteiger partial charge >= 0.3 is 5.97 Å². The molecule has 0 unspecified atom stereocenters. The van der Waals surface area contributed by atoms with Gasteiger partial charge in [-0.3, -0.25) is 0 Å². The lowest BCUT2D eigenvalue weighted by molar-refractivity contribution is -0.158. The molecule has 0 aliphatic heterocycles. The monoisotopic (exact) mass is 426 g/mol. The Labute approximate surface area is 139 Å². The number of hydrogen-bond acceptors (Lipinski definition) is 5. The standard InChI is InChI=1S/C14H19IO5S/c1-5-19-13(16)14(3,4)20-12-7-6-11(8-10(12)2)21(17,18)9-15/h6-8H,5,9H2,1-4H3. The molecule has 1 aromatic rings. The number of esters is 1. The molecule has 0 radical (unpaired) electrons. The van der Waals surface area contributed by atoms with E-state index in [0.717, 1.165) is 0 Å². The van der Waals surface area contributed by atoms with Gasteiger partial charge in [-0.2, -0.15) is 0 Å². The van der Waals surface area contributed by atoms with E-state index in [-0.39, 0.29) is 15.3 Å². The second kappa shape index (κ2) is 6.95. The van der Waals surface area contributed by atoms with Crippen LogP contribution in [0.25, 0.3) is 0 Å². The summed E-state index contributed by atoms with van der Waals surface area (Å²) >= 11 is 1.81. The number of hydrogen-bond donors (Lipinski definition) is 0. The Balaban J connectivity index is 3.04. The van der Waals surface area contributed by atoms with E-state index in [9.17, 15) is 13.2 Å². The van der Waals surface area contributed by atoms with Crippen LogP contribution in [0.15, 0.2) is 23.1 Å². The molecule has 0 saturated heterocycles. The number of sulfone groups is 1. The fraction of sp³-hybridized carbons (Fsp3) is 0.500. The number of ether oxygens (including phenoxy) is 2. The molecule has 7 heteroatoms. The van der Waals surface area contributed by atoms with Gasteiger partial charge in [0, 0.05) is 0 Å². The van der Waals surface area contributed by atoms with Crippen LogP contribution in [0.3, 0.4) is 0 Å². The number of carbonyl (C=O) groups is 1. The van der Waals surface area contributed by atoms with Crippen molar-refractivity contribution >= 4 is 38.4 Å². The van der Waals surface area contributed by atoms with Crippen molar-refractivity contribution in [3.05, 3.63) is 23.8 Å². The maximum Gasteiger partial charge on any atom is 0.349 e. The van der Waals surface area contributed by atoms with Gasteiger partial charge in [0.2, 0.25) is 0 Å². The second-order valence-electron chi connectivity index (χ2n) is 4.98. The summed E-state index contributed by atoms with van der Waals surface area (Å²) in [7, 11) is -3.27. The molecule has 0 spiro atoms. The molecule has 0 aliphatic rings. The van der Waals surface area contributed by atoms with Crippen molar-refractivity contribution in [2.75, 3.05) is 10.4 Å². The third kappa shape index (κ3) is 4.57. The van der Waals surface area contributed by atoms with Gasteiger partial charge in [-0.05, 0) is 51.5 Å². The van der Waals surface area contributed by atoms with Crippen molar-refractivity contribution < 1.29 is 22.7 Å². The predicted molar refractivity (Wildman–Crippen MR) is 88.6 cm³/mol. The lowest BCUT2D eigenvalue weighted by Crippen LogP contribution is -2.39. The highest BCUT2D eigenvalue weighted by Crippen LogP contribution is 2.27. The van der Waals surface area contributed by atoms with Gasteiger partial charge < -0.3 is 9.47 Å². The van der Waals surface area contributed by atoms with E-state index in [1.807, 2.05) is 22.6 Å². The average Bonchev–Trinajstić information content (AvgIpc) is 2.41. The molecule has 21 heavy (non-hydrogen) atoms. The Morgan fingerprint density at radius 3 is 2.43 bits per heavy atom. The van der Waals surface area contributed by atoms with Crippen LogP contribution in [0.2, 0.25) is 0 Å². The first-order valence-electron chi connectivity index (χ1n) is 6.39. The van der Waals surface area contributed by atoms with Gasteiger partial charge in [-0.15, -0.1) is 0 Å². The van der Waals surface area contributed by atoms with Crippen LogP contribution in [0.5, 0.6) is 5.75 Å². The summed E-state index contributed by atoms with van der Waals surface area (Å²) in [4.78, 5) is 12.1. The SMILES string of the molecule is CCOC(=O)C(C)(C)Oc1ccc(S(=O)(=O)CI)cc1C. The minimum atomic E-state index is -3.27. The smallest absolute Gasteiger partial charge is 0.349 e. The van der Waals surface area contributed by atoms with Gasteiger partial charge in [0.25, 0.3) is 0 Å². The molecule has 0 N–H and O–H groups in total. The molecule has 0 atom stereocenters. The molecule has 5 nitrogen and oxygen atoms in total. The summed E-state index contributed by atoms with van der Waals surface area (Å²) < 4.78 is 34.3. The van der Waals surface area contributed by atoms with E-state index in [0.29, 0.717) is 11.3 Å². The molecule has 0 saturated carbocycles. The van der Waals surface area contributed by atoms with Crippen LogP contribution in [-0.2, 0) is 19.4 Å². The highest BCUT2D eigenvalue weighted by molar-refractivity contribution is 14.1. The lowest BCUT2D eigenvalue weighted by atomic mass is 10.1. The van der Waals surface area contributed by atoms with Crippen LogP contribution in [-0.4, -0.2) is 30.4 Å². The third-order valence-electron chi connectivity index (χ3n) is 2.78. The fourth-order valence-electron chi connectivity index (χ4n) is 1.61. The summed E-state index contributed by atoms with van der Waals surface area (Å²) in [6.45, 7) is 6.96. The van der Waals surface area contributed by atoms with E-state index in [2.05, 4.69) is 0 Å². The quantitative estimate of drug-likeness (QED) is 0.398. The number of aryl methyl sites for hydroxylation is 1. The number of carbonyl (C=O) groups excluding carboxylic acids is 1. The largest absolute Gasteiger partial charge is 0.476 e. The molecule has 0 fully saturated rings. The Morgan fingerprint density at radius 1 is 1.33 bits per heavy atom. The van der Waals surface area contributed by atoms with Crippen molar-refractivity contribution in [2.45, 2.75) is 38.2 Å². The van der Waals surface area contributed by atoms with Gasteiger partial charge in [0.15, 0.2) is 15.4 Å². The van der Waals surface area contributed by atoms with Crippen molar-refractivity contribution in [1.82, 2.24) is 0 Å². The van der Waals surface area contributed by atoms with Gasteiger partial charge in [0.05, 0.1) is 11.5 Å². The number of benzene rings is 1. The maximum absolute atomic E-state index is 11.8. The molecule has 0 bridgehead atoms. The van der Waals surface area contributed by atoms with Crippen LogP contribution in [0.4, 0.5) is 0 Å². The minimum Gasteiger partial charge on any atom is -0.476 e. The summed E-state index contributed by atoms with van der Waals surface area (Å²) in [5.74, 6) is -0.00572. The lowest BCUT2D eigenvalue weighted by Gasteiger charge is -2.25. The molecule has 118 valence electrons. The summed E-state index contributed by atoms with van der Waals surface area (Å²) in [5, 5.41) is 0. The van der Waals surface area contributed by atoms with Crippen LogP contribution < -0.4 is 4.74 Å². The Morgan fingerprint density at radius 2 is 1.95 bits per heavy atom. The molecule has 0 amide bonds. The zero-order valence-electron chi connectivity index (χ0n) is 12.5. The topological polar surface area (TPSA) is 69.7 Å². The molecule has 0 aromatic heterocycles. The van der Waals surface area contributed by atoms with Crippen LogP contribution in [0.1, 0.15) is 26.3 Å². The first-order chi connectivity index (χ1) is 9.64. The number of halogens is 1. The van der Waals surface area contributed by atoms with E-state index >= 15 is 0 Å². The van der Waals surface area contributed by atoms with Crippen molar-refractivity contribution in [3.8, 4) is 5.75 Å². The number of alkyl halides is 1. The zero-order chi connectivity index (χ0) is 16.3. The normalized spacial score (nSPS) is 12.0.